The molecule has 102 valence electrons. The molecule has 1 aliphatic heterocycles. The predicted octanol–water partition coefficient (Wildman–Crippen LogP) is 0.406. The molecule has 2 unspecified atom stereocenters. The Labute approximate surface area is 106 Å². The first-order chi connectivity index (χ1) is 8.39. The minimum Gasteiger partial charge on any atom is -0.480 e. The van der Waals surface area contributed by atoms with Crippen molar-refractivity contribution in [3.05, 3.63) is 0 Å². The molecule has 0 radical (unpaired) electrons. The van der Waals surface area contributed by atoms with Crippen LogP contribution < -0.4 is 5.32 Å². The summed E-state index contributed by atoms with van der Waals surface area (Å²) in [4.78, 5) is 24.5. The van der Waals surface area contributed by atoms with E-state index in [1.54, 1.807) is 6.92 Å². The van der Waals surface area contributed by atoms with E-state index in [0.717, 1.165) is 19.3 Å². The predicted molar refractivity (Wildman–Crippen MR) is 64.1 cm³/mol. The highest BCUT2D eigenvalue weighted by atomic mass is 16.4. The van der Waals surface area contributed by atoms with Crippen LogP contribution in [-0.2, 0) is 4.79 Å². The van der Waals surface area contributed by atoms with Gasteiger partial charge in [-0.25, -0.2) is 9.59 Å². The largest absolute Gasteiger partial charge is 0.480 e. The number of β-amino-alcohol motifs (C(OH)–C–C–N with tert-alkyl or cyclic N) is 1. The first kappa shape index (κ1) is 13.1. The molecule has 0 bridgehead atoms. The van der Waals surface area contributed by atoms with Crippen LogP contribution in [0.15, 0.2) is 0 Å². The highest BCUT2D eigenvalue weighted by Gasteiger charge is 2.39. The number of rotatable bonds is 3. The zero-order valence-corrected chi connectivity index (χ0v) is 10.6. The topological polar surface area (TPSA) is 89.9 Å². The Morgan fingerprint density at radius 1 is 1.44 bits per heavy atom. The molecule has 2 aliphatic rings. The van der Waals surface area contributed by atoms with Crippen molar-refractivity contribution >= 4 is 12.0 Å². The Kier molecular flexibility index (Phi) is 3.47. The molecule has 0 spiro atoms. The molecule has 0 aromatic rings. The normalized spacial score (nSPS) is 29.8. The summed E-state index contributed by atoms with van der Waals surface area (Å²) in [6.07, 6.45) is 3.12. The second-order valence-corrected chi connectivity index (χ2v) is 5.62. The van der Waals surface area contributed by atoms with Crippen LogP contribution in [0.1, 0.15) is 32.6 Å². The molecule has 1 saturated heterocycles. The molecular weight excluding hydrogens is 236 g/mol. The zero-order valence-electron chi connectivity index (χ0n) is 10.6. The average Bonchev–Trinajstić information content (AvgIpc) is 3.07. The number of carboxylic acid groups (broad SMARTS) is 1. The molecule has 0 aromatic heterocycles. The van der Waals surface area contributed by atoms with E-state index < -0.39 is 17.6 Å². The molecule has 1 aliphatic carbocycles. The van der Waals surface area contributed by atoms with Crippen molar-refractivity contribution in [3.63, 3.8) is 0 Å². The van der Waals surface area contributed by atoms with Crippen molar-refractivity contribution in [2.45, 2.75) is 44.2 Å². The lowest BCUT2D eigenvalue weighted by atomic mass is 9.95. The number of aliphatic carboxylic acids is 1. The number of carbonyl (C=O) groups excluding carboxylic acids is 1. The van der Waals surface area contributed by atoms with E-state index in [4.69, 9.17) is 5.11 Å². The van der Waals surface area contributed by atoms with Crippen molar-refractivity contribution in [3.8, 4) is 0 Å². The van der Waals surface area contributed by atoms with Gasteiger partial charge in [0.25, 0.3) is 0 Å². The first-order valence-electron chi connectivity index (χ1n) is 6.40. The molecule has 2 amide bonds. The number of carbonyl (C=O) groups is 2. The highest BCUT2D eigenvalue weighted by molar-refractivity contribution is 5.83. The van der Waals surface area contributed by atoms with Crippen molar-refractivity contribution in [1.29, 1.82) is 0 Å². The number of likely N-dealkylation sites (tertiary alicyclic amines) is 1. The lowest BCUT2D eigenvalue weighted by Crippen LogP contribution is -2.55. The van der Waals surface area contributed by atoms with E-state index in [0.29, 0.717) is 13.0 Å². The van der Waals surface area contributed by atoms with Crippen molar-refractivity contribution < 1.29 is 19.8 Å². The first-order valence-corrected chi connectivity index (χ1v) is 6.40. The van der Waals surface area contributed by atoms with Crippen LogP contribution in [0.25, 0.3) is 0 Å². The zero-order chi connectivity index (χ0) is 13.3. The summed E-state index contributed by atoms with van der Waals surface area (Å²) < 4.78 is 0. The van der Waals surface area contributed by atoms with Gasteiger partial charge in [0.05, 0.1) is 12.1 Å². The molecule has 6 heteroatoms. The Morgan fingerprint density at radius 3 is 2.61 bits per heavy atom. The lowest BCUT2D eigenvalue weighted by Gasteiger charge is -2.37. The summed E-state index contributed by atoms with van der Waals surface area (Å²) in [5.74, 6) is -0.911. The number of hydrogen-bond donors (Lipinski definition) is 3. The van der Waals surface area contributed by atoms with Crippen LogP contribution in [0, 0.1) is 5.92 Å². The number of aliphatic hydroxyl groups is 1. The van der Waals surface area contributed by atoms with Gasteiger partial charge in [-0.05, 0) is 38.5 Å². The van der Waals surface area contributed by atoms with Gasteiger partial charge in [0.15, 0.2) is 0 Å². The third-order valence-electron chi connectivity index (χ3n) is 3.60. The lowest BCUT2D eigenvalue weighted by molar-refractivity contribution is -0.139. The van der Waals surface area contributed by atoms with Gasteiger partial charge in [-0.1, -0.05) is 0 Å². The summed E-state index contributed by atoms with van der Waals surface area (Å²) in [6, 6.07) is -1.17. The Morgan fingerprint density at radius 2 is 2.11 bits per heavy atom. The van der Waals surface area contributed by atoms with Gasteiger partial charge in [0.1, 0.15) is 6.04 Å². The fourth-order valence-corrected chi connectivity index (χ4v) is 2.43. The van der Waals surface area contributed by atoms with Crippen LogP contribution in [0.2, 0.25) is 0 Å². The molecule has 0 aromatic carbocycles. The van der Waals surface area contributed by atoms with E-state index in [2.05, 4.69) is 5.32 Å². The molecule has 1 heterocycles. The summed E-state index contributed by atoms with van der Waals surface area (Å²) in [5, 5.41) is 21.5. The van der Waals surface area contributed by atoms with Gasteiger partial charge in [0, 0.05) is 6.54 Å². The standard InChI is InChI=1S/C12H20N2O4/c1-12(18)5-2-6-14(7-12)11(17)13-9(10(15)16)8-3-4-8/h8-9,18H,2-7H2,1H3,(H,13,17)(H,15,16). The van der Waals surface area contributed by atoms with Gasteiger partial charge < -0.3 is 20.4 Å². The molecular formula is C12H20N2O4. The molecule has 2 atom stereocenters. The fourth-order valence-electron chi connectivity index (χ4n) is 2.43. The third-order valence-corrected chi connectivity index (χ3v) is 3.60. The maximum Gasteiger partial charge on any atom is 0.326 e. The smallest absolute Gasteiger partial charge is 0.326 e. The number of urea groups is 1. The van der Waals surface area contributed by atoms with Gasteiger partial charge in [-0.3, -0.25) is 0 Å². The number of piperidine rings is 1. The molecule has 2 rings (SSSR count). The maximum absolute atomic E-state index is 12.0. The highest BCUT2D eigenvalue weighted by Crippen LogP contribution is 2.33. The fraction of sp³-hybridized carbons (Fsp3) is 0.833. The second-order valence-electron chi connectivity index (χ2n) is 5.62. The van der Waals surface area contributed by atoms with Crippen LogP contribution in [-0.4, -0.2) is 51.8 Å². The Bertz CT molecular complexity index is 352. The summed E-state index contributed by atoms with van der Waals surface area (Å²) in [7, 11) is 0. The van der Waals surface area contributed by atoms with E-state index in [1.807, 2.05) is 0 Å². The quantitative estimate of drug-likeness (QED) is 0.682. The van der Waals surface area contributed by atoms with Crippen LogP contribution in [0.5, 0.6) is 0 Å². The number of hydrogen-bond acceptors (Lipinski definition) is 3. The molecule has 18 heavy (non-hydrogen) atoms. The van der Waals surface area contributed by atoms with Crippen LogP contribution in [0.3, 0.4) is 0 Å². The summed E-state index contributed by atoms with van der Waals surface area (Å²) in [5.41, 5.74) is -0.867. The number of nitrogens with zero attached hydrogens (tertiary/aromatic N) is 1. The Balaban J connectivity index is 1.92. The van der Waals surface area contributed by atoms with Crippen LogP contribution >= 0.6 is 0 Å². The number of amides is 2. The average molecular weight is 256 g/mol. The maximum atomic E-state index is 12.0. The molecule has 2 fully saturated rings. The van der Waals surface area contributed by atoms with Gasteiger partial charge >= 0.3 is 12.0 Å². The minimum atomic E-state index is -0.977. The summed E-state index contributed by atoms with van der Waals surface area (Å²) >= 11 is 0. The van der Waals surface area contributed by atoms with Gasteiger partial charge in [-0.2, -0.15) is 0 Å². The van der Waals surface area contributed by atoms with Crippen LogP contribution in [0.4, 0.5) is 4.79 Å². The number of nitrogens with one attached hydrogen (secondary N) is 1. The van der Waals surface area contributed by atoms with Gasteiger partial charge in [0.2, 0.25) is 0 Å². The molecule has 6 nitrogen and oxygen atoms in total. The summed E-state index contributed by atoms with van der Waals surface area (Å²) in [6.45, 7) is 2.52. The monoisotopic (exact) mass is 256 g/mol. The van der Waals surface area contributed by atoms with E-state index in [-0.39, 0.29) is 18.5 Å². The Hall–Kier alpha value is -1.30. The SMILES string of the molecule is CC1(O)CCCN(C(=O)NC(C(=O)O)C2CC2)C1. The van der Waals surface area contributed by atoms with Crippen molar-refractivity contribution in [2.75, 3.05) is 13.1 Å². The molecule has 1 saturated carbocycles. The molecule has 3 N–H and O–H groups in total. The third kappa shape index (κ3) is 3.13. The van der Waals surface area contributed by atoms with Gasteiger partial charge in [-0.15, -0.1) is 0 Å². The van der Waals surface area contributed by atoms with E-state index >= 15 is 0 Å². The second kappa shape index (κ2) is 4.76. The number of carboxylic acids is 1. The van der Waals surface area contributed by atoms with E-state index in [1.165, 1.54) is 4.90 Å². The van der Waals surface area contributed by atoms with Crippen molar-refractivity contribution in [1.82, 2.24) is 10.2 Å². The minimum absolute atomic E-state index is 0.0664. The van der Waals surface area contributed by atoms with E-state index in [9.17, 15) is 14.7 Å². The van der Waals surface area contributed by atoms with Crippen molar-refractivity contribution in [2.24, 2.45) is 5.92 Å².